The van der Waals surface area contributed by atoms with Crippen LogP contribution in [0, 0.1) is 0 Å². The Morgan fingerprint density at radius 2 is 1.19 bits per heavy atom. The summed E-state index contributed by atoms with van der Waals surface area (Å²) in [5.74, 6) is 0.302. The molecule has 2 N–H and O–H groups in total. The summed E-state index contributed by atoms with van der Waals surface area (Å²) in [6.07, 6.45) is 7.38. The van der Waals surface area contributed by atoms with E-state index >= 15 is 0 Å². The van der Waals surface area contributed by atoms with Gasteiger partial charge in [-0.1, -0.05) is 36.0 Å². The van der Waals surface area contributed by atoms with Gasteiger partial charge in [-0.05, 0) is 49.2 Å². The van der Waals surface area contributed by atoms with Crippen molar-refractivity contribution in [2.75, 3.05) is 0 Å². The summed E-state index contributed by atoms with van der Waals surface area (Å²) >= 11 is 12.0. The highest BCUT2D eigenvalue weighted by Gasteiger charge is 2.23. The number of rotatable bonds is 4. The molecule has 0 saturated heterocycles. The minimum absolute atomic E-state index is 0.0275. The second kappa shape index (κ2) is 8.56. The molecule has 0 spiro atoms. The second-order valence-electron chi connectivity index (χ2n) is 6.38. The molecule has 0 aliphatic heterocycles. The van der Waals surface area contributed by atoms with Gasteiger partial charge in [-0.3, -0.25) is 9.98 Å². The van der Waals surface area contributed by atoms with Gasteiger partial charge in [-0.2, -0.15) is 0 Å². The Kier molecular flexibility index (Phi) is 6.17. The normalized spacial score (nSPS) is 20.8. The molecule has 0 amide bonds. The molecule has 0 radical (unpaired) electrons. The highest BCUT2D eigenvalue weighted by Crippen LogP contribution is 2.26. The maximum absolute atomic E-state index is 9.92. The first-order chi connectivity index (χ1) is 12.5. The average molecular weight is 391 g/mol. The van der Waals surface area contributed by atoms with E-state index in [1.54, 1.807) is 48.8 Å². The fourth-order valence-corrected chi connectivity index (χ4v) is 3.41. The Hall–Kier alpha value is -2.04. The third kappa shape index (κ3) is 4.77. The predicted molar refractivity (Wildman–Crippen MR) is 107 cm³/mol. The maximum atomic E-state index is 9.92. The van der Waals surface area contributed by atoms with Crippen LogP contribution in [-0.2, 0) is 0 Å². The average Bonchev–Trinajstić information content (AvgIpc) is 2.64. The van der Waals surface area contributed by atoms with E-state index in [-0.39, 0.29) is 23.6 Å². The SMILES string of the molecule is Oc1ccc(Cl)cc1C=NC1CCCCC1N=Cc1cc(Cl)ccc1O. The monoisotopic (exact) mass is 390 g/mol. The summed E-state index contributed by atoms with van der Waals surface area (Å²) in [5.41, 5.74) is 1.19. The Bertz CT molecular complexity index is 767. The van der Waals surface area contributed by atoms with Gasteiger partial charge in [0.1, 0.15) is 11.5 Å². The molecule has 3 rings (SSSR count). The summed E-state index contributed by atoms with van der Waals surface area (Å²) < 4.78 is 0. The Balaban J connectivity index is 1.77. The molecule has 6 heteroatoms. The molecule has 2 unspecified atom stereocenters. The number of aliphatic imine (C=N–C) groups is 2. The van der Waals surface area contributed by atoms with E-state index in [9.17, 15) is 10.2 Å². The summed E-state index contributed by atoms with van der Waals surface area (Å²) in [7, 11) is 0. The lowest BCUT2D eigenvalue weighted by atomic mass is 9.91. The smallest absolute Gasteiger partial charge is 0.124 e. The van der Waals surface area contributed by atoms with Crippen LogP contribution < -0.4 is 0 Å². The zero-order valence-electron chi connectivity index (χ0n) is 14.1. The van der Waals surface area contributed by atoms with E-state index in [1.165, 1.54) is 0 Å². The number of hydrogen-bond donors (Lipinski definition) is 2. The van der Waals surface area contributed by atoms with Crippen molar-refractivity contribution >= 4 is 35.6 Å². The van der Waals surface area contributed by atoms with E-state index < -0.39 is 0 Å². The van der Waals surface area contributed by atoms with Crippen molar-refractivity contribution < 1.29 is 10.2 Å². The third-order valence-electron chi connectivity index (χ3n) is 4.48. The van der Waals surface area contributed by atoms with E-state index in [4.69, 9.17) is 23.2 Å². The molecule has 4 nitrogen and oxygen atoms in total. The van der Waals surface area contributed by atoms with Crippen LogP contribution >= 0.6 is 23.2 Å². The number of phenolic OH excluding ortho intramolecular Hbond substituents is 2. The van der Waals surface area contributed by atoms with Gasteiger partial charge in [0.2, 0.25) is 0 Å². The third-order valence-corrected chi connectivity index (χ3v) is 4.95. The van der Waals surface area contributed by atoms with Crippen molar-refractivity contribution in [3.05, 3.63) is 57.6 Å². The van der Waals surface area contributed by atoms with Crippen LogP contribution in [-0.4, -0.2) is 34.7 Å². The van der Waals surface area contributed by atoms with Crippen LogP contribution in [0.15, 0.2) is 46.4 Å². The van der Waals surface area contributed by atoms with Crippen molar-refractivity contribution in [3.8, 4) is 11.5 Å². The first kappa shape index (κ1) is 18.7. The predicted octanol–water partition coefficient (Wildman–Crippen LogP) is 5.25. The van der Waals surface area contributed by atoms with Gasteiger partial charge in [0.15, 0.2) is 0 Å². The number of benzene rings is 2. The van der Waals surface area contributed by atoms with Gasteiger partial charge in [-0.15, -0.1) is 0 Å². The zero-order chi connectivity index (χ0) is 18.5. The Labute approximate surface area is 162 Å². The van der Waals surface area contributed by atoms with Gasteiger partial charge in [0, 0.05) is 33.6 Å². The largest absolute Gasteiger partial charge is 0.507 e. The van der Waals surface area contributed by atoms with Crippen LogP contribution in [0.1, 0.15) is 36.8 Å². The Morgan fingerprint density at radius 3 is 1.62 bits per heavy atom. The van der Waals surface area contributed by atoms with E-state index in [1.807, 2.05) is 0 Å². The van der Waals surface area contributed by atoms with Crippen molar-refractivity contribution in [2.24, 2.45) is 9.98 Å². The molecule has 26 heavy (non-hydrogen) atoms. The molecule has 1 aliphatic rings. The summed E-state index contributed by atoms with van der Waals surface area (Å²) in [6.45, 7) is 0. The Morgan fingerprint density at radius 1 is 0.769 bits per heavy atom. The lowest BCUT2D eigenvalue weighted by Gasteiger charge is -2.25. The summed E-state index contributed by atoms with van der Waals surface area (Å²) in [6, 6.07) is 9.82. The maximum Gasteiger partial charge on any atom is 0.124 e. The number of hydrogen-bond acceptors (Lipinski definition) is 4. The molecule has 2 atom stereocenters. The topological polar surface area (TPSA) is 65.2 Å². The zero-order valence-corrected chi connectivity index (χ0v) is 15.7. The van der Waals surface area contributed by atoms with Crippen molar-refractivity contribution in [1.29, 1.82) is 0 Å². The van der Waals surface area contributed by atoms with Crippen LogP contribution in [0.3, 0.4) is 0 Å². The lowest BCUT2D eigenvalue weighted by Crippen LogP contribution is -2.27. The van der Waals surface area contributed by atoms with Crippen LogP contribution in [0.4, 0.5) is 0 Å². The second-order valence-corrected chi connectivity index (χ2v) is 7.25. The molecule has 1 saturated carbocycles. The van der Waals surface area contributed by atoms with Crippen molar-refractivity contribution in [2.45, 2.75) is 37.8 Å². The van der Waals surface area contributed by atoms with Crippen LogP contribution in [0.25, 0.3) is 0 Å². The first-order valence-corrected chi connectivity index (χ1v) is 9.32. The van der Waals surface area contributed by atoms with Gasteiger partial charge < -0.3 is 10.2 Å². The van der Waals surface area contributed by atoms with Crippen molar-refractivity contribution in [1.82, 2.24) is 0 Å². The molecule has 0 heterocycles. The minimum Gasteiger partial charge on any atom is -0.507 e. The van der Waals surface area contributed by atoms with Crippen LogP contribution in [0.5, 0.6) is 11.5 Å². The highest BCUT2D eigenvalue weighted by atomic mass is 35.5. The quantitative estimate of drug-likeness (QED) is 0.699. The number of aromatic hydroxyl groups is 2. The fourth-order valence-electron chi connectivity index (χ4n) is 3.05. The fraction of sp³-hybridized carbons (Fsp3) is 0.300. The first-order valence-electron chi connectivity index (χ1n) is 8.56. The van der Waals surface area contributed by atoms with Gasteiger partial charge >= 0.3 is 0 Å². The van der Waals surface area contributed by atoms with Gasteiger partial charge in [0.05, 0.1) is 12.1 Å². The molecular formula is C20H20Cl2N2O2. The highest BCUT2D eigenvalue weighted by molar-refractivity contribution is 6.31. The molecule has 0 bridgehead atoms. The van der Waals surface area contributed by atoms with Gasteiger partial charge in [-0.25, -0.2) is 0 Å². The lowest BCUT2D eigenvalue weighted by molar-refractivity contribution is 0.390. The molecule has 0 aromatic heterocycles. The molecule has 1 fully saturated rings. The van der Waals surface area contributed by atoms with E-state index in [2.05, 4.69) is 9.98 Å². The van der Waals surface area contributed by atoms with Crippen molar-refractivity contribution in [3.63, 3.8) is 0 Å². The van der Waals surface area contributed by atoms with E-state index in [0.717, 1.165) is 25.7 Å². The van der Waals surface area contributed by atoms with E-state index in [0.29, 0.717) is 21.2 Å². The molecule has 2 aromatic carbocycles. The molecular weight excluding hydrogens is 371 g/mol. The minimum atomic E-state index is 0.0275. The van der Waals surface area contributed by atoms with Gasteiger partial charge in [0.25, 0.3) is 0 Å². The number of nitrogens with zero attached hydrogens (tertiary/aromatic N) is 2. The molecule has 2 aromatic rings. The summed E-state index contributed by atoms with van der Waals surface area (Å²) in [5, 5.41) is 20.9. The van der Waals surface area contributed by atoms with Crippen LogP contribution in [0.2, 0.25) is 10.0 Å². The molecule has 136 valence electrons. The number of halogens is 2. The molecule has 1 aliphatic carbocycles. The standard InChI is InChI=1S/C20H20Cl2N2O2/c21-15-5-7-19(25)13(9-15)11-23-17-3-1-2-4-18(17)24-12-14-10-16(22)6-8-20(14)26/h5-12,17-18,25-26H,1-4H2. The summed E-state index contributed by atoms with van der Waals surface area (Å²) in [4.78, 5) is 9.29. The number of phenols is 2.